The average molecular weight is 571 g/mol. The number of hydrogen-bond donors (Lipinski definition) is 2. The third-order valence-electron chi connectivity index (χ3n) is 7.20. The van der Waals surface area contributed by atoms with E-state index in [2.05, 4.69) is 17.5 Å². The normalized spacial score (nSPS) is 15.8. The monoisotopic (exact) mass is 570 g/mol. The second kappa shape index (κ2) is 11.9. The first-order valence-electron chi connectivity index (χ1n) is 12.9. The molecule has 1 fully saturated rings. The summed E-state index contributed by atoms with van der Waals surface area (Å²) in [6.07, 6.45) is -5.18. The quantitative estimate of drug-likeness (QED) is 0.159. The molecule has 1 saturated carbocycles. The van der Waals surface area contributed by atoms with Crippen LogP contribution in [0.4, 0.5) is 32.2 Å². The highest BCUT2D eigenvalue weighted by atomic mass is 32.1. The summed E-state index contributed by atoms with van der Waals surface area (Å²) >= 11 is 4.32. The van der Waals surface area contributed by atoms with E-state index in [1.54, 1.807) is 0 Å². The number of anilines is 1. The highest BCUT2D eigenvalue weighted by Crippen LogP contribution is 2.37. The largest absolute Gasteiger partial charge is 0.416 e. The van der Waals surface area contributed by atoms with E-state index in [-0.39, 0.29) is 24.7 Å². The van der Waals surface area contributed by atoms with Gasteiger partial charge in [-0.2, -0.15) is 26.3 Å². The molecule has 0 saturated heterocycles. The van der Waals surface area contributed by atoms with E-state index in [0.717, 1.165) is 53.8 Å². The number of hydrogen-bond acceptors (Lipinski definition) is 5. The highest BCUT2D eigenvalue weighted by Gasteiger charge is 2.37. The van der Waals surface area contributed by atoms with Gasteiger partial charge in [0.2, 0.25) is 0 Å². The molecular weight excluding hydrogens is 538 g/mol. The molecular formula is C28H32F6N4S. The number of alkyl halides is 6. The molecule has 1 aromatic heterocycles. The second-order valence-electron chi connectivity index (χ2n) is 10.1. The van der Waals surface area contributed by atoms with Gasteiger partial charge in [0.05, 0.1) is 16.6 Å². The van der Waals surface area contributed by atoms with Gasteiger partial charge >= 0.3 is 12.4 Å². The van der Waals surface area contributed by atoms with E-state index in [1.807, 2.05) is 37.3 Å². The Morgan fingerprint density at radius 2 is 1.56 bits per heavy atom. The molecule has 0 amide bonds. The topological polar surface area (TPSA) is 45.4 Å². The molecule has 1 aliphatic carbocycles. The molecule has 0 bridgehead atoms. The number of benzene rings is 2. The van der Waals surface area contributed by atoms with Gasteiger partial charge in [-0.05, 0) is 61.6 Å². The van der Waals surface area contributed by atoms with Gasteiger partial charge in [0.15, 0.2) is 0 Å². The molecule has 0 spiro atoms. The Morgan fingerprint density at radius 3 is 2.13 bits per heavy atom. The molecule has 39 heavy (non-hydrogen) atoms. The molecule has 1 aliphatic rings. The summed E-state index contributed by atoms with van der Waals surface area (Å²) in [6, 6.07) is 11.2. The number of para-hydroxylation sites is 1. The lowest BCUT2D eigenvalue weighted by atomic mass is 10.0. The molecule has 3 aromatic rings. The van der Waals surface area contributed by atoms with Crippen molar-refractivity contribution < 1.29 is 26.3 Å². The maximum absolute atomic E-state index is 13.4. The predicted molar refractivity (Wildman–Crippen MR) is 144 cm³/mol. The number of thiol groups is 1. The first-order chi connectivity index (χ1) is 18.3. The zero-order chi connectivity index (χ0) is 28.4. The number of nitrogens with two attached hydrogens (primary N) is 1. The fraction of sp³-hybridized carbons (Fsp3) is 0.464. The minimum atomic E-state index is -4.93. The van der Waals surface area contributed by atoms with Crippen LogP contribution in [-0.2, 0) is 25.4 Å². The van der Waals surface area contributed by atoms with E-state index in [1.165, 1.54) is 17.7 Å². The third kappa shape index (κ3) is 7.37. The van der Waals surface area contributed by atoms with Gasteiger partial charge < -0.3 is 10.6 Å². The molecule has 2 aromatic carbocycles. The Balaban J connectivity index is 1.71. The van der Waals surface area contributed by atoms with Crippen LogP contribution in [0.5, 0.6) is 0 Å². The van der Waals surface area contributed by atoms with Gasteiger partial charge in [0.1, 0.15) is 11.3 Å². The maximum Gasteiger partial charge on any atom is 0.416 e. The number of fused-ring (bicyclic) bond motifs is 1. The molecule has 0 aliphatic heterocycles. The van der Waals surface area contributed by atoms with Gasteiger partial charge in [0.25, 0.3) is 0 Å². The van der Waals surface area contributed by atoms with E-state index >= 15 is 0 Å². The lowest BCUT2D eigenvalue weighted by Gasteiger charge is -2.31. The molecule has 4 rings (SSSR count). The molecule has 4 nitrogen and oxygen atoms in total. The summed E-state index contributed by atoms with van der Waals surface area (Å²) in [4.78, 5) is 8.68. The van der Waals surface area contributed by atoms with Crippen LogP contribution < -0.4 is 10.6 Å². The van der Waals surface area contributed by atoms with Gasteiger partial charge in [-0.15, -0.1) is 12.6 Å². The van der Waals surface area contributed by atoms with E-state index in [4.69, 9.17) is 10.7 Å². The Bertz CT molecular complexity index is 1240. The molecule has 212 valence electrons. The molecule has 11 heteroatoms. The standard InChI is InChI=1S/C28H32F6N4S/c1-2-37(15-18-7-3-4-8-18)25-21(13-20-9-5-6-10-24(20)36-25)17-38(26(35)39)16-19-11-22(27(29,30)31)14-23(12-19)28(32,33)34/h5-6,9-14,18,26,39H,2-4,7-8,15-17,35H2,1H3. The van der Waals surface area contributed by atoms with E-state index < -0.39 is 29.0 Å². The molecule has 1 atom stereocenters. The number of aromatic nitrogens is 1. The highest BCUT2D eigenvalue weighted by molar-refractivity contribution is 7.80. The van der Waals surface area contributed by atoms with Crippen LogP contribution >= 0.6 is 12.6 Å². The summed E-state index contributed by atoms with van der Waals surface area (Å²) in [5, 5.41) is 0.874. The van der Waals surface area contributed by atoms with Crippen molar-refractivity contribution in [1.29, 1.82) is 0 Å². The van der Waals surface area contributed by atoms with Crippen LogP contribution in [0.25, 0.3) is 10.9 Å². The minimum Gasteiger partial charge on any atom is -0.356 e. The van der Waals surface area contributed by atoms with E-state index in [0.29, 0.717) is 12.5 Å². The molecule has 2 N–H and O–H groups in total. The van der Waals surface area contributed by atoms with Crippen molar-refractivity contribution in [2.45, 2.75) is 63.5 Å². The van der Waals surface area contributed by atoms with Crippen LogP contribution in [0, 0.1) is 5.92 Å². The van der Waals surface area contributed by atoms with Gasteiger partial charge in [-0.3, -0.25) is 4.90 Å². The number of rotatable bonds is 9. The average Bonchev–Trinajstić information content (AvgIpc) is 3.38. The van der Waals surface area contributed by atoms with Gasteiger partial charge in [-0.25, -0.2) is 4.98 Å². The van der Waals surface area contributed by atoms with Crippen LogP contribution in [0.3, 0.4) is 0 Å². The van der Waals surface area contributed by atoms with Crippen molar-refractivity contribution in [3.63, 3.8) is 0 Å². The summed E-state index contributed by atoms with van der Waals surface area (Å²) < 4.78 is 80.6. The van der Waals surface area contributed by atoms with Crippen LogP contribution in [0.15, 0.2) is 48.5 Å². The smallest absolute Gasteiger partial charge is 0.356 e. The SMILES string of the molecule is CCN(CC1CCCC1)c1nc2ccccc2cc1CN(Cc1cc(C(F)(F)F)cc(C(F)(F)F)c1)C(N)S. The lowest BCUT2D eigenvalue weighted by Crippen LogP contribution is -2.38. The van der Waals surface area contributed by atoms with Gasteiger partial charge in [0, 0.05) is 37.1 Å². The summed E-state index contributed by atoms with van der Waals surface area (Å²) in [7, 11) is 0. The zero-order valence-corrected chi connectivity index (χ0v) is 22.5. The van der Waals surface area contributed by atoms with Crippen LogP contribution in [0.2, 0.25) is 0 Å². The van der Waals surface area contributed by atoms with Crippen molar-refractivity contribution in [1.82, 2.24) is 9.88 Å². The second-order valence-corrected chi connectivity index (χ2v) is 10.6. The molecule has 0 radical (unpaired) electrons. The summed E-state index contributed by atoms with van der Waals surface area (Å²) in [5.74, 6) is 1.28. The van der Waals surface area contributed by atoms with E-state index in [9.17, 15) is 26.3 Å². The van der Waals surface area contributed by atoms with Crippen molar-refractivity contribution >= 4 is 29.3 Å². The first kappa shape index (κ1) is 29.5. The Morgan fingerprint density at radius 1 is 0.949 bits per heavy atom. The van der Waals surface area contributed by atoms with Crippen molar-refractivity contribution in [2.24, 2.45) is 11.7 Å². The van der Waals surface area contributed by atoms with Gasteiger partial charge in [-0.1, -0.05) is 31.0 Å². The van der Waals surface area contributed by atoms with Crippen molar-refractivity contribution in [2.75, 3.05) is 18.0 Å². The molecule has 1 heterocycles. The third-order valence-corrected chi connectivity index (χ3v) is 7.52. The fourth-order valence-corrected chi connectivity index (χ4v) is 5.38. The number of nitrogens with zero attached hydrogens (tertiary/aromatic N) is 3. The Hall–Kier alpha value is -2.50. The Labute approximate surface area is 229 Å². The summed E-state index contributed by atoms with van der Waals surface area (Å²) in [6.45, 7) is 3.43. The fourth-order valence-electron chi connectivity index (χ4n) is 5.22. The predicted octanol–water partition coefficient (Wildman–Crippen LogP) is 7.46. The van der Waals surface area contributed by atoms with Crippen LogP contribution in [0.1, 0.15) is 54.9 Å². The maximum atomic E-state index is 13.4. The zero-order valence-electron chi connectivity index (χ0n) is 21.6. The minimum absolute atomic E-state index is 0.127. The lowest BCUT2D eigenvalue weighted by molar-refractivity contribution is -0.143. The summed E-state index contributed by atoms with van der Waals surface area (Å²) in [5.41, 5.74) is 3.85. The molecule has 1 unspecified atom stereocenters. The first-order valence-corrected chi connectivity index (χ1v) is 13.5. The Kier molecular flexibility index (Phi) is 9.02. The van der Waals surface area contributed by atoms with Crippen molar-refractivity contribution in [3.05, 3.63) is 70.8 Å². The number of halogens is 6. The van der Waals surface area contributed by atoms with Crippen molar-refractivity contribution in [3.8, 4) is 0 Å². The number of pyridine rings is 1. The van der Waals surface area contributed by atoms with Crippen LogP contribution in [-0.4, -0.2) is 28.5 Å².